The first-order valence-corrected chi connectivity index (χ1v) is 7.00. The summed E-state index contributed by atoms with van der Waals surface area (Å²) in [5.41, 5.74) is 1.14. The van der Waals surface area contributed by atoms with E-state index < -0.39 is 4.92 Å². The summed E-state index contributed by atoms with van der Waals surface area (Å²) in [6.07, 6.45) is 2.46. The minimum atomic E-state index is -0.437. The van der Waals surface area contributed by atoms with E-state index in [0.29, 0.717) is 5.75 Å². The molecule has 1 heterocycles. The Morgan fingerprint density at radius 1 is 1.00 bits per heavy atom. The highest BCUT2D eigenvalue weighted by Crippen LogP contribution is 2.32. The van der Waals surface area contributed by atoms with Crippen LogP contribution in [0.3, 0.4) is 0 Å². The van der Waals surface area contributed by atoms with Crippen molar-refractivity contribution < 1.29 is 9.66 Å². The van der Waals surface area contributed by atoms with Crippen LogP contribution in [0, 0.1) is 10.1 Å². The van der Waals surface area contributed by atoms with Crippen LogP contribution in [0.25, 0.3) is 0 Å². The van der Waals surface area contributed by atoms with E-state index in [1.165, 1.54) is 24.6 Å². The fraction of sp³-hybridized carbons (Fsp3) is 0.250. The van der Waals surface area contributed by atoms with Gasteiger partial charge in [0.05, 0.1) is 4.92 Å². The summed E-state index contributed by atoms with van der Waals surface area (Å²) in [5.74, 6) is 0.865. The molecule has 2 aromatic carbocycles. The van der Waals surface area contributed by atoms with E-state index in [2.05, 4.69) is 4.90 Å². The second-order valence-corrected chi connectivity index (χ2v) is 5.01. The molecule has 0 N–H and O–H groups in total. The van der Waals surface area contributed by atoms with Crippen molar-refractivity contribution in [3.8, 4) is 11.5 Å². The van der Waals surface area contributed by atoms with Crippen LogP contribution in [0.5, 0.6) is 11.5 Å². The van der Waals surface area contributed by atoms with E-state index in [9.17, 15) is 10.1 Å². The Labute approximate surface area is 122 Å². The standard InChI is InChI=1S/C16H16N2O3/c19-18(20)15-5-1-2-6-16(15)21-14-9-7-13(8-10-14)17-11-3-4-12-17/h1-2,5-10H,3-4,11-12H2. The Morgan fingerprint density at radius 2 is 1.67 bits per heavy atom. The Hall–Kier alpha value is -2.56. The van der Waals surface area contributed by atoms with Gasteiger partial charge in [0.25, 0.3) is 0 Å². The third kappa shape index (κ3) is 2.97. The van der Waals surface area contributed by atoms with Crippen molar-refractivity contribution in [3.63, 3.8) is 0 Å². The minimum Gasteiger partial charge on any atom is -0.450 e. The summed E-state index contributed by atoms with van der Waals surface area (Å²) in [6, 6.07) is 14.1. The molecule has 0 spiro atoms. The van der Waals surface area contributed by atoms with Crippen LogP contribution in [-0.4, -0.2) is 18.0 Å². The van der Waals surface area contributed by atoms with Crippen LogP contribution in [0.4, 0.5) is 11.4 Å². The average molecular weight is 284 g/mol. The zero-order chi connectivity index (χ0) is 14.7. The smallest absolute Gasteiger partial charge is 0.311 e. The molecule has 1 saturated heterocycles. The summed E-state index contributed by atoms with van der Waals surface area (Å²) in [5, 5.41) is 11.0. The van der Waals surface area contributed by atoms with Crippen molar-refractivity contribution >= 4 is 11.4 Å². The molecule has 5 heteroatoms. The number of ether oxygens (including phenoxy) is 1. The van der Waals surface area contributed by atoms with Gasteiger partial charge in [-0.3, -0.25) is 10.1 Å². The number of nitrogens with zero attached hydrogens (tertiary/aromatic N) is 2. The molecule has 0 bridgehead atoms. The number of hydrogen-bond acceptors (Lipinski definition) is 4. The molecule has 1 fully saturated rings. The molecule has 2 aromatic rings. The third-order valence-corrected chi connectivity index (χ3v) is 3.60. The molecule has 1 aliphatic heterocycles. The summed E-state index contributed by atoms with van der Waals surface area (Å²) >= 11 is 0. The summed E-state index contributed by atoms with van der Waals surface area (Å²) in [4.78, 5) is 12.9. The van der Waals surface area contributed by atoms with Crippen molar-refractivity contribution in [1.82, 2.24) is 0 Å². The zero-order valence-corrected chi connectivity index (χ0v) is 11.6. The highest BCUT2D eigenvalue weighted by atomic mass is 16.6. The van der Waals surface area contributed by atoms with Crippen molar-refractivity contribution in [1.29, 1.82) is 0 Å². The number of benzene rings is 2. The second kappa shape index (κ2) is 5.83. The number of anilines is 1. The maximum absolute atomic E-state index is 11.0. The predicted molar refractivity (Wildman–Crippen MR) is 81.1 cm³/mol. The fourth-order valence-corrected chi connectivity index (χ4v) is 2.52. The molecular formula is C16H16N2O3. The molecule has 0 atom stereocenters. The molecular weight excluding hydrogens is 268 g/mol. The molecule has 0 saturated carbocycles. The van der Waals surface area contributed by atoms with Crippen molar-refractivity contribution in [2.24, 2.45) is 0 Å². The highest BCUT2D eigenvalue weighted by molar-refractivity contribution is 5.52. The second-order valence-electron chi connectivity index (χ2n) is 5.01. The average Bonchev–Trinajstić information content (AvgIpc) is 3.03. The van der Waals surface area contributed by atoms with Gasteiger partial charge >= 0.3 is 5.69 Å². The number of nitro groups is 1. The molecule has 108 valence electrons. The lowest BCUT2D eigenvalue weighted by atomic mass is 10.2. The van der Waals surface area contributed by atoms with E-state index in [4.69, 9.17) is 4.74 Å². The van der Waals surface area contributed by atoms with E-state index in [1.807, 2.05) is 24.3 Å². The molecule has 21 heavy (non-hydrogen) atoms. The van der Waals surface area contributed by atoms with Gasteiger partial charge < -0.3 is 9.64 Å². The van der Waals surface area contributed by atoms with Crippen LogP contribution in [0.1, 0.15) is 12.8 Å². The van der Waals surface area contributed by atoms with E-state index in [1.54, 1.807) is 18.2 Å². The highest BCUT2D eigenvalue weighted by Gasteiger charge is 2.15. The summed E-state index contributed by atoms with van der Waals surface area (Å²) in [6.45, 7) is 2.18. The molecule has 0 radical (unpaired) electrons. The van der Waals surface area contributed by atoms with Crippen molar-refractivity contribution in [2.75, 3.05) is 18.0 Å². The molecule has 0 aliphatic carbocycles. The van der Waals surface area contributed by atoms with Crippen LogP contribution >= 0.6 is 0 Å². The molecule has 3 rings (SSSR count). The first-order chi connectivity index (χ1) is 10.2. The third-order valence-electron chi connectivity index (χ3n) is 3.60. The Bertz CT molecular complexity index is 634. The quantitative estimate of drug-likeness (QED) is 0.629. The van der Waals surface area contributed by atoms with Crippen LogP contribution in [-0.2, 0) is 0 Å². The van der Waals surface area contributed by atoms with Gasteiger partial charge in [0.2, 0.25) is 5.75 Å². The fourth-order valence-electron chi connectivity index (χ4n) is 2.52. The van der Waals surface area contributed by atoms with Crippen LogP contribution in [0.15, 0.2) is 48.5 Å². The first-order valence-electron chi connectivity index (χ1n) is 7.00. The van der Waals surface area contributed by atoms with Gasteiger partial charge in [-0.1, -0.05) is 12.1 Å². The van der Waals surface area contributed by atoms with E-state index in [-0.39, 0.29) is 11.4 Å². The maximum atomic E-state index is 11.0. The number of rotatable bonds is 4. The van der Waals surface area contributed by atoms with E-state index in [0.717, 1.165) is 13.1 Å². The van der Waals surface area contributed by atoms with Crippen LogP contribution in [0.2, 0.25) is 0 Å². The lowest BCUT2D eigenvalue weighted by Crippen LogP contribution is -2.17. The largest absolute Gasteiger partial charge is 0.450 e. The zero-order valence-electron chi connectivity index (χ0n) is 11.6. The Kier molecular flexibility index (Phi) is 3.73. The lowest BCUT2D eigenvalue weighted by Gasteiger charge is -2.17. The molecule has 1 aliphatic rings. The summed E-state index contributed by atoms with van der Waals surface area (Å²) in [7, 11) is 0. The van der Waals surface area contributed by atoms with Crippen LogP contribution < -0.4 is 9.64 Å². The number of nitro benzene ring substituents is 1. The van der Waals surface area contributed by atoms with Gasteiger partial charge in [0.1, 0.15) is 5.75 Å². The normalized spacial score (nSPS) is 14.2. The number of hydrogen-bond donors (Lipinski definition) is 0. The Balaban J connectivity index is 1.77. The van der Waals surface area contributed by atoms with Gasteiger partial charge in [0.15, 0.2) is 0 Å². The topological polar surface area (TPSA) is 55.6 Å². The minimum absolute atomic E-state index is 0.0267. The van der Waals surface area contributed by atoms with Gasteiger partial charge in [-0.2, -0.15) is 0 Å². The molecule has 0 aromatic heterocycles. The van der Waals surface area contributed by atoms with Gasteiger partial charge in [-0.25, -0.2) is 0 Å². The lowest BCUT2D eigenvalue weighted by molar-refractivity contribution is -0.385. The first kappa shape index (κ1) is 13.4. The summed E-state index contributed by atoms with van der Waals surface area (Å²) < 4.78 is 5.63. The molecule has 5 nitrogen and oxygen atoms in total. The molecule has 0 unspecified atom stereocenters. The van der Waals surface area contributed by atoms with Gasteiger partial charge in [-0.05, 0) is 43.2 Å². The predicted octanol–water partition coefficient (Wildman–Crippen LogP) is 3.99. The molecule has 0 amide bonds. The SMILES string of the molecule is O=[N+]([O-])c1ccccc1Oc1ccc(N2CCCC2)cc1. The van der Waals surface area contributed by atoms with Crippen molar-refractivity contribution in [2.45, 2.75) is 12.8 Å². The number of para-hydroxylation sites is 2. The van der Waals surface area contributed by atoms with Gasteiger partial charge in [-0.15, -0.1) is 0 Å². The monoisotopic (exact) mass is 284 g/mol. The van der Waals surface area contributed by atoms with Crippen molar-refractivity contribution in [3.05, 3.63) is 58.6 Å². The van der Waals surface area contributed by atoms with E-state index >= 15 is 0 Å². The maximum Gasteiger partial charge on any atom is 0.311 e. The Morgan fingerprint density at radius 3 is 2.33 bits per heavy atom. The van der Waals surface area contributed by atoms with Gasteiger partial charge in [0, 0.05) is 24.8 Å².